The highest BCUT2D eigenvalue weighted by Gasteiger charge is 2.17. The molecule has 1 aliphatic carbocycles. The molecule has 3 aromatic rings. The Morgan fingerprint density at radius 1 is 1.05 bits per heavy atom. The summed E-state index contributed by atoms with van der Waals surface area (Å²) >= 11 is 0. The molecule has 2 aromatic heterocycles. The van der Waals surface area contributed by atoms with E-state index in [1.54, 1.807) is 6.33 Å². The smallest absolute Gasteiger partial charge is 0.196 e. The zero-order valence-electron chi connectivity index (χ0n) is 11.3. The van der Waals surface area contributed by atoms with Crippen LogP contribution in [-0.2, 0) is 0 Å². The number of anilines is 1. The van der Waals surface area contributed by atoms with Gasteiger partial charge in [-0.25, -0.2) is 9.97 Å². The molecule has 1 aliphatic rings. The summed E-state index contributed by atoms with van der Waals surface area (Å²) in [5.74, 6) is 0.832. The molecule has 0 atom stereocenters. The number of nitrogens with zero attached hydrogens (tertiary/aromatic N) is 2. The van der Waals surface area contributed by atoms with Crippen LogP contribution in [0.25, 0.3) is 22.1 Å². The van der Waals surface area contributed by atoms with E-state index in [0.29, 0.717) is 6.04 Å². The zero-order chi connectivity index (χ0) is 13.4. The molecule has 1 saturated carbocycles. The Bertz CT molecular complexity index is 744. The molecular weight excluding hydrogens is 250 g/mol. The van der Waals surface area contributed by atoms with Gasteiger partial charge < -0.3 is 9.73 Å². The molecule has 4 heteroatoms. The lowest BCUT2D eigenvalue weighted by Gasteiger charge is -2.23. The molecule has 1 N–H and O–H groups in total. The number of rotatable bonds is 2. The van der Waals surface area contributed by atoms with Crippen LogP contribution in [0.4, 0.5) is 5.82 Å². The average Bonchev–Trinajstić information content (AvgIpc) is 2.88. The minimum atomic E-state index is 0.509. The van der Waals surface area contributed by atoms with Crippen LogP contribution >= 0.6 is 0 Å². The number of hydrogen-bond donors (Lipinski definition) is 1. The lowest BCUT2D eigenvalue weighted by Crippen LogP contribution is -2.22. The number of hydrogen-bond acceptors (Lipinski definition) is 4. The van der Waals surface area contributed by atoms with Crippen molar-refractivity contribution in [2.45, 2.75) is 38.1 Å². The maximum atomic E-state index is 5.94. The van der Waals surface area contributed by atoms with Crippen LogP contribution in [0.5, 0.6) is 0 Å². The van der Waals surface area contributed by atoms with Gasteiger partial charge in [0.2, 0.25) is 0 Å². The second kappa shape index (κ2) is 4.78. The summed E-state index contributed by atoms with van der Waals surface area (Å²) in [5, 5.41) is 4.59. The molecule has 0 unspecified atom stereocenters. The van der Waals surface area contributed by atoms with Gasteiger partial charge in [0.1, 0.15) is 17.4 Å². The van der Waals surface area contributed by atoms with E-state index in [2.05, 4.69) is 15.3 Å². The van der Waals surface area contributed by atoms with Crippen molar-refractivity contribution in [3.8, 4) is 0 Å². The normalized spacial score (nSPS) is 16.8. The first-order valence-corrected chi connectivity index (χ1v) is 7.30. The first-order chi connectivity index (χ1) is 9.92. The third-order valence-corrected chi connectivity index (χ3v) is 4.10. The predicted molar refractivity (Wildman–Crippen MR) is 79.8 cm³/mol. The summed E-state index contributed by atoms with van der Waals surface area (Å²) in [5.41, 5.74) is 2.54. The van der Waals surface area contributed by atoms with Gasteiger partial charge in [0.05, 0.1) is 0 Å². The van der Waals surface area contributed by atoms with Gasteiger partial charge >= 0.3 is 0 Å². The van der Waals surface area contributed by atoms with Crippen molar-refractivity contribution in [1.82, 2.24) is 9.97 Å². The highest BCUT2D eigenvalue weighted by molar-refractivity contribution is 6.05. The molecule has 4 rings (SSSR count). The van der Waals surface area contributed by atoms with Crippen molar-refractivity contribution in [3.05, 3.63) is 30.6 Å². The summed E-state index contributed by atoms with van der Waals surface area (Å²) in [6.45, 7) is 0. The van der Waals surface area contributed by atoms with E-state index in [9.17, 15) is 0 Å². The summed E-state index contributed by atoms with van der Waals surface area (Å²) in [6, 6.07) is 8.51. The quantitative estimate of drug-likeness (QED) is 0.758. The third kappa shape index (κ3) is 1.92. The molecule has 2 heterocycles. The summed E-state index contributed by atoms with van der Waals surface area (Å²) < 4.78 is 5.94. The minimum absolute atomic E-state index is 0.509. The molecule has 0 spiro atoms. The number of benzene rings is 1. The Hall–Kier alpha value is -2.10. The van der Waals surface area contributed by atoms with Crippen molar-refractivity contribution in [1.29, 1.82) is 0 Å². The maximum absolute atomic E-state index is 5.94. The molecule has 0 radical (unpaired) electrons. The number of fused-ring (bicyclic) bond motifs is 3. The molecule has 0 aliphatic heterocycles. The zero-order valence-corrected chi connectivity index (χ0v) is 11.3. The minimum Gasteiger partial charge on any atom is -0.450 e. The average molecular weight is 267 g/mol. The van der Waals surface area contributed by atoms with E-state index >= 15 is 0 Å². The monoisotopic (exact) mass is 267 g/mol. The van der Waals surface area contributed by atoms with Crippen LogP contribution in [0.1, 0.15) is 32.1 Å². The molecule has 0 bridgehead atoms. The van der Waals surface area contributed by atoms with Gasteiger partial charge in [0, 0.05) is 11.4 Å². The van der Waals surface area contributed by atoms with Crippen LogP contribution in [0, 0.1) is 0 Å². The third-order valence-electron chi connectivity index (χ3n) is 4.10. The first-order valence-electron chi connectivity index (χ1n) is 7.30. The molecule has 1 aromatic carbocycles. The second-order valence-corrected chi connectivity index (χ2v) is 5.48. The Balaban J connectivity index is 1.78. The highest BCUT2D eigenvalue weighted by atomic mass is 16.3. The van der Waals surface area contributed by atoms with Gasteiger partial charge in [0.25, 0.3) is 0 Å². The van der Waals surface area contributed by atoms with Crippen LogP contribution in [0.2, 0.25) is 0 Å². The van der Waals surface area contributed by atoms with Crippen LogP contribution in [-0.4, -0.2) is 16.0 Å². The Morgan fingerprint density at radius 2 is 1.90 bits per heavy atom. The standard InChI is InChI=1S/C16H17N3O/c1-2-6-11(7-3-1)19-16-15-14(17-10-18-16)12-8-4-5-9-13(12)20-15/h4-5,8-11H,1-3,6-7H2,(H,17,18,19). The number of para-hydroxylation sites is 1. The number of nitrogens with one attached hydrogen (secondary N) is 1. The van der Waals surface area contributed by atoms with E-state index in [-0.39, 0.29) is 0 Å². The molecule has 4 nitrogen and oxygen atoms in total. The summed E-state index contributed by atoms with van der Waals surface area (Å²) in [6.07, 6.45) is 7.99. The molecule has 0 saturated heterocycles. The lowest BCUT2D eigenvalue weighted by molar-refractivity contribution is 0.461. The van der Waals surface area contributed by atoms with Crippen molar-refractivity contribution >= 4 is 27.9 Å². The van der Waals surface area contributed by atoms with E-state index in [0.717, 1.165) is 27.9 Å². The first kappa shape index (κ1) is 11.7. The Kier molecular flexibility index (Phi) is 2.80. The van der Waals surface area contributed by atoms with Crippen molar-refractivity contribution in [2.24, 2.45) is 0 Å². The molecule has 102 valence electrons. The summed E-state index contributed by atoms with van der Waals surface area (Å²) in [7, 11) is 0. The molecule has 1 fully saturated rings. The molecule has 0 amide bonds. The van der Waals surface area contributed by atoms with Gasteiger partial charge in [-0.05, 0) is 25.0 Å². The fourth-order valence-corrected chi connectivity index (χ4v) is 3.07. The Labute approximate surface area is 117 Å². The van der Waals surface area contributed by atoms with Crippen molar-refractivity contribution in [3.63, 3.8) is 0 Å². The van der Waals surface area contributed by atoms with Gasteiger partial charge in [-0.1, -0.05) is 31.4 Å². The van der Waals surface area contributed by atoms with Crippen molar-refractivity contribution in [2.75, 3.05) is 5.32 Å². The SMILES string of the molecule is c1ccc2c(c1)oc1c(NC3CCCCC3)ncnc12. The number of furan rings is 1. The number of aromatic nitrogens is 2. The Morgan fingerprint density at radius 3 is 2.80 bits per heavy atom. The molecule has 20 heavy (non-hydrogen) atoms. The predicted octanol–water partition coefficient (Wildman–Crippen LogP) is 4.12. The largest absolute Gasteiger partial charge is 0.450 e. The van der Waals surface area contributed by atoms with Crippen LogP contribution in [0.3, 0.4) is 0 Å². The van der Waals surface area contributed by atoms with Gasteiger partial charge in [-0.15, -0.1) is 0 Å². The van der Waals surface area contributed by atoms with Gasteiger partial charge in [0.15, 0.2) is 11.4 Å². The van der Waals surface area contributed by atoms with Gasteiger partial charge in [-0.3, -0.25) is 0 Å². The topological polar surface area (TPSA) is 51.0 Å². The van der Waals surface area contributed by atoms with E-state index in [1.807, 2.05) is 24.3 Å². The molecular formula is C16H17N3O. The summed E-state index contributed by atoms with van der Waals surface area (Å²) in [4.78, 5) is 8.76. The van der Waals surface area contributed by atoms with E-state index < -0.39 is 0 Å². The lowest BCUT2D eigenvalue weighted by atomic mass is 9.95. The fourth-order valence-electron chi connectivity index (χ4n) is 3.07. The van der Waals surface area contributed by atoms with Crippen LogP contribution < -0.4 is 5.32 Å². The van der Waals surface area contributed by atoms with E-state index in [4.69, 9.17) is 4.42 Å². The van der Waals surface area contributed by atoms with E-state index in [1.165, 1.54) is 32.1 Å². The highest BCUT2D eigenvalue weighted by Crippen LogP contribution is 2.31. The fraction of sp³-hybridized carbons (Fsp3) is 0.375. The van der Waals surface area contributed by atoms with Gasteiger partial charge in [-0.2, -0.15) is 0 Å². The van der Waals surface area contributed by atoms with Crippen LogP contribution in [0.15, 0.2) is 35.0 Å². The van der Waals surface area contributed by atoms with Crippen molar-refractivity contribution < 1.29 is 4.42 Å². The maximum Gasteiger partial charge on any atom is 0.196 e. The second-order valence-electron chi connectivity index (χ2n) is 5.48.